The number of hydrogen-bond acceptors (Lipinski definition) is 5. The van der Waals surface area contributed by atoms with Crippen LogP contribution in [-0.2, 0) is 18.9 Å². The van der Waals surface area contributed by atoms with Gasteiger partial charge < -0.3 is 24.1 Å². The molecule has 0 radical (unpaired) electrons. The minimum Gasteiger partial charge on any atom is -0.394 e. The van der Waals surface area contributed by atoms with Crippen molar-refractivity contribution in [2.24, 2.45) is 5.92 Å². The molecule has 5 nitrogen and oxygen atoms in total. The van der Waals surface area contributed by atoms with Gasteiger partial charge in [0.1, 0.15) is 19.0 Å². The predicted octanol–water partition coefficient (Wildman–Crippen LogP) is 0.574. The lowest BCUT2D eigenvalue weighted by Gasteiger charge is -2.20. The number of aliphatic hydroxyl groups is 1. The van der Waals surface area contributed by atoms with Crippen molar-refractivity contribution < 1.29 is 24.1 Å². The van der Waals surface area contributed by atoms with Gasteiger partial charge in [-0.25, -0.2) is 0 Å². The molecule has 1 N–H and O–H groups in total. The van der Waals surface area contributed by atoms with Crippen LogP contribution in [-0.4, -0.2) is 57.1 Å². The van der Waals surface area contributed by atoms with E-state index in [0.717, 1.165) is 0 Å². The van der Waals surface area contributed by atoms with Gasteiger partial charge in [-0.3, -0.25) is 0 Å². The van der Waals surface area contributed by atoms with E-state index in [2.05, 4.69) is 6.58 Å². The quantitative estimate of drug-likeness (QED) is 0.264. The Hall–Kier alpha value is -0.460. The summed E-state index contributed by atoms with van der Waals surface area (Å²) in [5, 5.41) is 8.97. The van der Waals surface area contributed by atoms with Crippen LogP contribution in [0.15, 0.2) is 12.7 Å². The van der Waals surface area contributed by atoms with E-state index in [4.69, 9.17) is 24.1 Å². The fourth-order valence-electron chi connectivity index (χ4n) is 1.60. The SMILES string of the molecule is C=C[C@@H](C)[C@H](OCOCCOC)[C@@H]1O[C@@H]1CO. The van der Waals surface area contributed by atoms with Crippen LogP contribution in [0.3, 0.4) is 0 Å². The van der Waals surface area contributed by atoms with Gasteiger partial charge in [-0.15, -0.1) is 6.58 Å². The summed E-state index contributed by atoms with van der Waals surface area (Å²) >= 11 is 0. The minimum atomic E-state index is -0.118. The average Bonchev–Trinajstić information content (AvgIpc) is 3.12. The van der Waals surface area contributed by atoms with Gasteiger partial charge in [0.15, 0.2) is 0 Å². The second-order valence-electron chi connectivity index (χ2n) is 4.07. The van der Waals surface area contributed by atoms with Crippen molar-refractivity contribution in [2.45, 2.75) is 25.2 Å². The molecule has 1 saturated heterocycles. The molecule has 0 spiro atoms. The maximum Gasteiger partial charge on any atom is 0.147 e. The molecule has 1 aliphatic heterocycles. The number of hydrogen-bond donors (Lipinski definition) is 1. The second-order valence-corrected chi connectivity index (χ2v) is 4.07. The summed E-state index contributed by atoms with van der Waals surface area (Å²) in [6.45, 7) is 7.02. The fourth-order valence-corrected chi connectivity index (χ4v) is 1.60. The number of epoxide rings is 1. The van der Waals surface area contributed by atoms with Gasteiger partial charge in [0, 0.05) is 13.0 Å². The van der Waals surface area contributed by atoms with Gasteiger partial charge in [-0.2, -0.15) is 0 Å². The smallest absolute Gasteiger partial charge is 0.147 e. The summed E-state index contributed by atoms with van der Waals surface area (Å²) in [5.41, 5.74) is 0. The number of methoxy groups -OCH3 is 1. The molecule has 4 atom stereocenters. The summed E-state index contributed by atoms with van der Waals surface area (Å²) in [4.78, 5) is 0. The van der Waals surface area contributed by atoms with Crippen molar-refractivity contribution in [2.75, 3.05) is 33.7 Å². The molecule has 17 heavy (non-hydrogen) atoms. The lowest BCUT2D eigenvalue weighted by atomic mass is 10.0. The first-order valence-corrected chi connectivity index (χ1v) is 5.81. The van der Waals surface area contributed by atoms with Crippen molar-refractivity contribution in [1.82, 2.24) is 0 Å². The lowest BCUT2D eigenvalue weighted by molar-refractivity contribution is -0.113. The monoisotopic (exact) mass is 246 g/mol. The number of aliphatic hydroxyl groups excluding tert-OH is 1. The molecule has 0 aliphatic carbocycles. The van der Waals surface area contributed by atoms with Gasteiger partial charge in [0.25, 0.3) is 0 Å². The van der Waals surface area contributed by atoms with Crippen molar-refractivity contribution in [3.05, 3.63) is 12.7 Å². The topological polar surface area (TPSA) is 60.5 Å². The highest BCUT2D eigenvalue weighted by molar-refractivity contribution is 4.97. The number of rotatable bonds is 10. The molecule has 1 fully saturated rings. The third kappa shape index (κ3) is 4.73. The summed E-state index contributed by atoms with van der Waals surface area (Å²) < 4.78 is 21.0. The molecule has 0 amide bonds. The Kier molecular flexibility index (Phi) is 6.69. The highest BCUT2D eigenvalue weighted by atomic mass is 16.7. The van der Waals surface area contributed by atoms with E-state index >= 15 is 0 Å². The van der Waals surface area contributed by atoms with Gasteiger partial charge in [-0.05, 0) is 0 Å². The van der Waals surface area contributed by atoms with E-state index < -0.39 is 0 Å². The zero-order chi connectivity index (χ0) is 12.7. The molecular formula is C12H22O5. The summed E-state index contributed by atoms with van der Waals surface area (Å²) in [6.07, 6.45) is 1.53. The van der Waals surface area contributed by atoms with Crippen LogP contribution < -0.4 is 0 Å². The third-order valence-corrected chi connectivity index (χ3v) is 2.79. The van der Waals surface area contributed by atoms with Crippen molar-refractivity contribution >= 4 is 0 Å². The van der Waals surface area contributed by atoms with E-state index in [1.807, 2.05) is 13.0 Å². The first-order valence-electron chi connectivity index (χ1n) is 5.81. The highest BCUT2D eigenvalue weighted by Gasteiger charge is 2.46. The Balaban J connectivity index is 2.25. The number of ether oxygens (including phenoxy) is 4. The minimum absolute atomic E-state index is 0.0267. The normalized spacial score (nSPS) is 26.5. The van der Waals surface area contributed by atoms with Crippen LogP contribution in [0.2, 0.25) is 0 Å². The molecule has 1 rings (SSSR count). The molecule has 0 saturated carbocycles. The Morgan fingerprint density at radius 3 is 2.76 bits per heavy atom. The molecule has 0 aromatic rings. The van der Waals surface area contributed by atoms with Crippen LogP contribution >= 0.6 is 0 Å². The predicted molar refractivity (Wildman–Crippen MR) is 62.7 cm³/mol. The highest BCUT2D eigenvalue weighted by Crippen LogP contribution is 2.31. The fraction of sp³-hybridized carbons (Fsp3) is 0.833. The zero-order valence-corrected chi connectivity index (χ0v) is 10.5. The Morgan fingerprint density at radius 2 is 2.24 bits per heavy atom. The van der Waals surface area contributed by atoms with E-state index in [-0.39, 0.29) is 37.6 Å². The molecule has 0 aromatic carbocycles. The van der Waals surface area contributed by atoms with E-state index in [0.29, 0.717) is 13.2 Å². The summed E-state index contributed by atoms with van der Waals surface area (Å²) in [6, 6.07) is 0. The van der Waals surface area contributed by atoms with Gasteiger partial charge >= 0.3 is 0 Å². The first-order chi connectivity index (χ1) is 8.24. The Morgan fingerprint density at radius 1 is 1.47 bits per heavy atom. The maximum absolute atomic E-state index is 8.97. The van der Waals surface area contributed by atoms with Crippen LogP contribution in [0.4, 0.5) is 0 Å². The van der Waals surface area contributed by atoms with Gasteiger partial charge in [0.05, 0.1) is 25.9 Å². The molecular weight excluding hydrogens is 224 g/mol. The van der Waals surface area contributed by atoms with E-state index in [1.165, 1.54) is 0 Å². The first kappa shape index (κ1) is 14.6. The van der Waals surface area contributed by atoms with Crippen LogP contribution in [0.1, 0.15) is 6.92 Å². The molecule has 100 valence electrons. The van der Waals surface area contributed by atoms with Gasteiger partial charge in [0.2, 0.25) is 0 Å². The summed E-state index contributed by atoms with van der Waals surface area (Å²) in [7, 11) is 1.62. The molecule has 0 bridgehead atoms. The van der Waals surface area contributed by atoms with Crippen LogP contribution in [0, 0.1) is 5.92 Å². The summed E-state index contributed by atoms with van der Waals surface area (Å²) in [5.74, 6) is 0.155. The van der Waals surface area contributed by atoms with Crippen LogP contribution in [0.25, 0.3) is 0 Å². The second kappa shape index (κ2) is 7.79. The molecule has 0 aromatic heterocycles. The largest absolute Gasteiger partial charge is 0.394 e. The standard InChI is InChI=1S/C12H22O5/c1-4-9(2)11(12-10(7-13)17-12)16-8-15-6-5-14-3/h4,9-13H,1,5-8H2,2-3H3/t9-,10-,11+,12-/m1/s1. The molecule has 0 unspecified atom stereocenters. The zero-order valence-electron chi connectivity index (χ0n) is 10.5. The molecule has 1 heterocycles. The maximum atomic E-state index is 8.97. The van der Waals surface area contributed by atoms with E-state index in [1.54, 1.807) is 7.11 Å². The van der Waals surface area contributed by atoms with Crippen LogP contribution in [0.5, 0.6) is 0 Å². The third-order valence-electron chi connectivity index (χ3n) is 2.79. The molecule has 5 heteroatoms. The lowest BCUT2D eigenvalue weighted by Crippen LogP contribution is -2.29. The van der Waals surface area contributed by atoms with Crippen molar-refractivity contribution in [3.8, 4) is 0 Å². The Bertz CT molecular complexity index is 221. The van der Waals surface area contributed by atoms with Gasteiger partial charge in [-0.1, -0.05) is 13.0 Å². The Labute approximate surface area is 102 Å². The van der Waals surface area contributed by atoms with Crippen molar-refractivity contribution in [3.63, 3.8) is 0 Å². The van der Waals surface area contributed by atoms with E-state index in [9.17, 15) is 0 Å². The average molecular weight is 246 g/mol. The molecule has 1 aliphatic rings. The van der Waals surface area contributed by atoms with Crippen molar-refractivity contribution in [1.29, 1.82) is 0 Å².